The number of ether oxygens (including phenoxy) is 1. The van der Waals surface area contributed by atoms with Gasteiger partial charge >= 0.3 is 0 Å². The molecule has 0 spiro atoms. The number of aryl methyl sites for hydroxylation is 2. The quantitative estimate of drug-likeness (QED) is 0.859. The molecule has 108 valence electrons. The Morgan fingerprint density at radius 3 is 2.26 bits per heavy atom. The van der Waals surface area contributed by atoms with Crippen molar-refractivity contribution in [1.29, 1.82) is 0 Å². The molecule has 0 bridgehead atoms. The van der Waals surface area contributed by atoms with E-state index < -0.39 is 0 Å². The second-order valence-electron chi connectivity index (χ2n) is 6.26. The van der Waals surface area contributed by atoms with Crippen LogP contribution in [0.5, 0.6) is 5.75 Å². The summed E-state index contributed by atoms with van der Waals surface area (Å²) in [6.45, 7) is 11.2. The predicted octanol–water partition coefficient (Wildman–Crippen LogP) is 3.00. The van der Waals surface area contributed by atoms with Gasteiger partial charge in [-0.15, -0.1) is 0 Å². The van der Waals surface area contributed by atoms with Gasteiger partial charge in [0, 0.05) is 11.6 Å². The molecule has 0 saturated heterocycles. The van der Waals surface area contributed by atoms with Gasteiger partial charge in [0.25, 0.3) is 0 Å². The normalized spacial score (nSPS) is 13.5. The molecule has 0 saturated carbocycles. The van der Waals surface area contributed by atoms with Gasteiger partial charge in [-0.3, -0.25) is 0 Å². The maximum Gasteiger partial charge on any atom is 0.127 e. The van der Waals surface area contributed by atoms with E-state index >= 15 is 0 Å². The molecule has 3 heteroatoms. The largest absolute Gasteiger partial charge is 0.496 e. The molecule has 0 amide bonds. The van der Waals surface area contributed by atoms with Crippen molar-refractivity contribution in [1.82, 2.24) is 0 Å². The first-order valence-electron chi connectivity index (χ1n) is 6.84. The molecule has 19 heavy (non-hydrogen) atoms. The molecule has 0 radical (unpaired) electrons. The van der Waals surface area contributed by atoms with Crippen LogP contribution >= 0.6 is 0 Å². The molecule has 0 fully saturated rings. The SMILES string of the molecule is COc1c(C)c(C)cc(C)c1C(N)CC(C)(C)CN. The van der Waals surface area contributed by atoms with Crippen molar-refractivity contribution in [3.63, 3.8) is 0 Å². The molecule has 3 nitrogen and oxygen atoms in total. The zero-order valence-corrected chi connectivity index (χ0v) is 13.1. The Kier molecular flexibility index (Phi) is 4.99. The average molecular weight is 264 g/mol. The number of hydrogen-bond donors (Lipinski definition) is 2. The molecule has 4 N–H and O–H groups in total. The monoisotopic (exact) mass is 264 g/mol. The predicted molar refractivity (Wildman–Crippen MR) is 81.6 cm³/mol. The second-order valence-corrected chi connectivity index (χ2v) is 6.26. The van der Waals surface area contributed by atoms with Crippen LogP contribution in [0.25, 0.3) is 0 Å². The summed E-state index contributed by atoms with van der Waals surface area (Å²) in [7, 11) is 1.71. The van der Waals surface area contributed by atoms with E-state index in [1.165, 1.54) is 16.7 Å². The summed E-state index contributed by atoms with van der Waals surface area (Å²) < 4.78 is 5.60. The van der Waals surface area contributed by atoms with Crippen LogP contribution in [0.1, 0.15) is 48.6 Å². The van der Waals surface area contributed by atoms with Crippen molar-refractivity contribution in [3.05, 3.63) is 28.3 Å². The lowest BCUT2D eigenvalue weighted by Crippen LogP contribution is -2.29. The average Bonchev–Trinajstić information content (AvgIpc) is 2.32. The summed E-state index contributed by atoms with van der Waals surface area (Å²) in [5, 5.41) is 0. The number of benzene rings is 1. The van der Waals surface area contributed by atoms with Crippen molar-refractivity contribution in [2.24, 2.45) is 16.9 Å². The van der Waals surface area contributed by atoms with E-state index in [1.807, 2.05) is 0 Å². The van der Waals surface area contributed by atoms with Crippen LogP contribution in [-0.2, 0) is 0 Å². The summed E-state index contributed by atoms with van der Waals surface area (Å²) in [5.41, 5.74) is 17.0. The van der Waals surface area contributed by atoms with Gasteiger partial charge in [-0.25, -0.2) is 0 Å². The van der Waals surface area contributed by atoms with E-state index in [0.29, 0.717) is 6.54 Å². The van der Waals surface area contributed by atoms with Crippen molar-refractivity contribution < 1.29 is 4.74 Å². The van der Waals surface area contributed by atoms with Gasteiger partial charge in [0.15, 0.2) is 0 Å². The highest BCUT2D eigenvalue weighted by molar-refractivity contribution is 5.51. The maximum atomic E-state index is 6.42. The van der Waals surface area contributed by atoms with Crippen LogP contribution in [0.3, 0.4) is 0 Å². The lowest BCUT2D eigenvalue weighted by Gasteiger charge is -2.29. The lowest BCUT2D eigenvalue weighted by molar-refractivity contribution is 0.311. The lowest BCUT2D eigenvalue weighted by atomic mass is 9.82. The highest BCUT2D eigenvalue weighted by atomic mass is 16.5. The molecule has 0 heterocycles. The third-order valence-corrected chi connectivity index (χ3v) is 3.93. The Hall–Kier alpha value is -1.06. The molecule has 1 aromatic rings. The van der Waals surface area contributed by atoms with Crippen LogP contribution < -0.4 is 16.2 Å². The fourth-order valence-electron chi connectivity index (χ4n) is 2.58. The minimum Gasteiger partial charge on any atom is -0.496 e. The van der Waals surface area contributed by atoms with E-state index in [0.717, 1.165) is 17.7 Å². The first kappa shape index (κ1) is 16.0. The molecule has 1 aromatic carbocycles. The van der Waals surface area contributed by atoms with Gasteiger partial charge < -0.3 is 16.2 Å². The molecule has 0 aliphatic carbocycles. The molecular weight excluding hydrogens is 236 g/mol. The van der Waals surface area contributed by atoms with Crippen molar-refractivity contribution >= 4 is 0 Å². The molecule has 1 atom stereocenters. The Morgan fingerprint density at radius 1 is 1.21 bits per heavy atom. The van der Waals surface area contributed by atoms with E-state index in [9.17, 15) is 0 Å². The zero-order valence-electron chi connectivity index (χ0n) is 13.1. The second kappa shape index (κ2) is 5.93. The first-order valence-corrected chi connectivity index (χ1v) is 6.84. The summed E-state index contributed by atoms with van der Waals surface area (Å²) in [6, 6.07) is 2.13. The van der Waals surface area contributed by atoms with Gasteiger partial charge in [-0.05, 0) is 55.8 Å². The fraction of sp³-hybridized carbons (Fsp3) is 0.625. The summed E-state index contributed by atoms with van der Waals surface area (Å²) >= 11 is 0. The van der Waals surface area contributed by atoms with Crippen molar-refractivity contribution in [2.45, 2.75) is 47.1 Å². The standard InChI is InChI=1S/C16H28N2O/c1-10-7-11(2)14(15(19-6)12(10)3)13(18)8-16(4,5)9-17/h7,13H,8-9,17-18H2,1-6H3. The van der Waals surface area contributed by atoms with Gasteiger partial charge in [-0.2, -0.15) is 0 Å². The van der Waals surface area contributed by atoms with E-state index in [1.54, 1.807) is 7.11 Å². The summed E-state index contributed by atoms with van der Waals surface area (Å²) in [5.74, 6) is 0.929. The first-order chi connectivity index (χ1) is 8.73. The highest BCUT2D eigenvalue weighted by Gasteiger charge is 2.25. The Labute approximate surface area is 117 Å². The Balaban J connectivity index is 3.23. The zero-order chi connectivity index (χ0) is 14.8. The molecule has 0 aromatic heterocycles. The smallest absolute Gasteiger partial charge is 0.127 e. The Morgan fingerprint density at radius 2 is 1.79 bits per heavy atom. The molecule has 0 aliphatic rings. The molecule has 1 unspecified atom stereocenters. The molecule has 1 rings (SSSR count). The highest BCUT2D eigenvalue weighted by Crippen LogP contribution is 2.37. The van der Waals surface area contributed by atoms with Crippen LogP contribution in [-0.4, -0.2) is 13.7 Å². The summed E-state index contributed by atoms with van der Waals surface area (Å²) in [6.07, 6.45) is 0.850. The number of hydrogen-bond acceptors (Lipinski definition) is 3. The third-order valence-electron chi connectivity index (χ3n) is 3.93. The van der Waals surface area contributed by atoms with Gasteiger partial charge in [0.2, 0.25) is 0 Å². The van der Waals surface area contributed by atoms with Gasteiger partial charge in [-0.1, -0.05) is 19.9 Å². The topological polar surface area (TPSA) is 61.3 Å². The fourth-order valence-corrected chi connectivity index (χ4v) is 2.58. The van der Waals surface area contributed by atoms with Crippen LogP contribution in [0.15, 0.2) is 6.07 Å². The van der Waals surface area contributed by atoms with E-state index in [2.05, 4.69) is 40.7 Å². The third kappa shape index (κ3) is 3.48. The van der Waals surface area contributed by atoms with Crippen molar-refractivity contribution in [3.8, 4) is 5.75 Å². The summed E-state index contributed by atoms with van der Waals surface area (Å²) in [4.78, 5) is 0. The van der Waals surface area contributed by atoms with Crippen LogP contribution in [0.2, 0.25) is 0 Å². The van der Waals surface area contributed by atoms with Crippen molar-refractivity contribution in [2.75, 3.05) is 13.7 Å². The van der Waals surface area contributed by atoms with E-state index in [4.69, 9.17) is 16.2 Å². The minimum atomic E-state index is -0.0483. The molecular formula is C16H28N2O. The van der Waals surface area contributed by atoms with Gasteiger partial charge in [0.1, 0.15) is 5.75 Å². The number of rotatable bonds is 5. The number of methoxy groups -OCH3 is 1. The molecule has 0 aliphatic heterocycles. The van der Waals surface area contributed by atoms with Crippen LogP contribution in [0, 0.1) is 26.2 Å². The maximum absolute atomic E-state index is 6.42. The Bertz CT molecular complexity index is 453. The van der Waals surface area contributed by atoms with E-state index in [-0.39, 0.29) is 11.5 Å². The minimum absolute atomic E-state index is 0.0374. The van der Waals surface area contributed by atoms with Gasteiger partial charge in [0.05, 0.1) is 7.11 Å². The van der Waals surface area contributed by atoms with Crippen LogP contribution in [0.4, 0.5) is 0 Å². The number of nitrogens with two attached hydrogens (primary N) is 2.